The van der Waals surface area contributed by atoms with Gasteiger partial charge >= 0.3 is 17.9 Å². The monoisotopic (exact) mass is 993 g/mol. The maximum Gasteiger partial charge on any atom is 0.306 e. The van der Waals surface area contributed by atoms with Crippen LogP contribution in [-0.2, 0) is 28.6 Å². The van der Waals surface area contributed by atoms with Gasteiger partial charge in [-0.2, -0.15) is 0 Å². The van der Waals surface area contributed by atoms with Gasteiger partial charge in [0.2, 0.25) is 0 Å². The maximum absolute atomic E-state index is 12.9. The molecule has 0 bridgehead atoms. The second-order valence-electron chi connectivity index (χ2n) is 20.6. The molecule has 1 atom stereocenters. The minimum atomic E-state index is -0.805. The number of esters is 3. The number of hydrogen-bond acceptors (Lipinski definition) is 6. The molecule has 0 amide bonds. The topological polar surface area (TPSA) is 78.9 Å². The minimum absolute atomic E-state index is 0.0960. The molecule has 0 heterocycles. The quantitative estimate of drug-likeness (QED) is 0.0261. The van der Waals surface area contributed by atoms with Crippen molar-refractivity contribution in [2.24, 2.45) is 0 Å². The van der Waals surface area contributed by atoms with Crippen LogP contribution in [0.1, 0.15) is 316 Å². The van der Waals surface area contributed by atoms with Crippen molar-refractivity contribution in [3.8, 4) is 0 Å². The van der Waals surface area contributed by atoms with Crippen LogP contribution in [0.2, 0.25) is 0 Å². The van der Waals surface area contributed by atoms with Gasteiger partial charge in [-0.15, -0.1) is 0 Å². The van der Waals surface area contributed by atoms with Gasteiger partial charge in [-0.25, -0.2) is 0 Å². The predicted molar refractivity (Wildman–Crippen MR) is 307 cm³/mol. The lowest BCUT2D eigenvalue weighted by Crippen LogP contribution is -2.30. The van der Waals surface area contributed by atoms with Crippen molar-refractivity contribution >= 4 is 17.9 Å². The van der Waals surface area contributed by atoms with E-state index in [9.17, 15) is 14.4 Å². The number of ether oxygens (including phenoxy) is 3. The molecule has 0 N–H and O–H groups in total. The van der Waals surface area contributed by atoms with E-state index in [-0.39, 0.29) is 37.5 Å². The molecule has 0 spiro atoms. The summed E-state index contributed by atoms with van der Waals surface area (Å²) in [6.45, 7) is 6.59. The molecule has 0 aromatic heterocycles. The van der Waals surface area contributed by atoms with Gasteiger partial charge in [0.25, 0.3) is 0 Å². The third kappa shape index (κ3) is 57.9. The molecule has 0 radical (unpaired) electrons. The standard InChI is InChI=1S/C65H116O6/c1-4-7-10-13-16-19-22-25-28-30-31-32-33-35-37-40-43-46-49-52-55-58-64(67)70-61-62(60-69-63(66)57-54-51-48-45-42-39-36-27-24-21-18-15-12-9-6-3)71-65(68)59-56-53-50-47-44-41-38-34-29-26-23-20-17-14-11-8-5-2/h18,21,26-27,29,36,38,41,47,50,62H,4-17,19-20,22-25,28,30-35,37,39-40,42-46,48-49,51-61H2,1-3H3/b21-18-,29-26-,36-27-,41-38-,50-47-/t62-/m1/s1. The molecule has 0 saturated heterocycles. The van der Waals surface area contributed by atoms with Crippen molar-refractivity contribution in [3.05, 3.63) is 60.8 Å². The lowest BCUT2D eigenvalue weighted by molar-refractivity contribution is -0.167. The van der Waals surface area contributed by atoms with E-state index in [0.29, 0.717) is 19.3 Å². The Balaban J connectivity index is 4.40. The normalized spacial score (nSPS) is 12.4. The molecule has 0 aromatic carbocycles. The first-order chi connectivity index (χ1) is 35.0. The van der Waals surface area contributed by atoms with Gasteiger partial charge < -0.3 is 14.2 Å². The van der Waals surface area contributed by atoms with Gasteiger partial charge in [0.05, 0.1) is 0 Å². The first-order valence-electron chi connectivity index (χ1n) is 30.8. The van der Waals surface area contributed by atoms with Gasteiger partial charge in [-0.05, 0) is 83.5 Å². The summed E-state index contributed by atoms with van der Waals surface area (Å²) in [4.78, 5) is 38.2. The predicted octanol–water partition coefficient (Wildman–Crippen LogP) is 20.8. The first-order valence-corrected chi connectivity index (χ1v) is 30.8. The largest absolute Gasteiger partial charge is 0.462 e. The summed E-state index contributed by atoms with van der Waals surface area (Å²) >= 11 is 0. The molecular weight excluding hydrogens is 877 g/mol. The molecule has 0 rings (SSSR count). The fourth-order valence-corrected chi connectivity index (χ4v) is 8.84. The van der Waals surface area contributed by atoms with Crippen LogP contribution in [0.25, 0.3) is 0 Å². The Morgan fingerprint density at radius 1 is 0.282 bits per heavy atom. The van der Waals surface area contributed by atoms with Crippen LogP contribution in [0, 0.1) is 0 Å². The molecule has 71 heavy (non-hydrogen) atoms. The van der Waals surface area contributed by atoms with E-state index < -0.39 is 6.10 Å². The molecule has 0 unspecified atom stereocenters. The summed E-state index contributed by atoms with van der Waals surface area (Å²) in [6.07, 6.45) is 75.1. The average Bonchev–Trinajstić information content (AvgIpc) is 3.37. The number of hydrogen-bond donors (Lipinski definition) is 0. The summed E-state index contributed by atoms with van der Waals surface area (Å²) in [6, 6.07) is 0. The molecule has 0 aliphatic rings. The third-order valence-corrected chi connectivity index (χ3v) is 13.5. The maximum atomic E-state index is 12.9. The van der Waals surface area contributed by atoms with E-state index in [4.69, 9.17) is 14.2 Å². The summed E-state index contributed by atoms with van der Waals surface area (Å²) in [5, 5.41) is 0. The van der Waals surface area contributed by atoms with Crippen LogP contribution in [0.5, 0.6) is 0 Å². The van der Waals surface area contributed by atoms with E-state index in [1.807, 2.05) is 0 Å². The highest BCUT2D eigenvalue weighted by molar-refractivity contribution is 5.71. The van der Waals surface area contributed by atoms with Crippen LogP contribution in [0.4, 0.5) is 0 Å². The van der Waals surface area contributed by atoms with Crippen molar-refractivity contribution in [3.63, 3.8) is 0 Å². The average molecular weight is 994 g/mol. The molecule has 0 saturated carbocycles. The van der Waals surface area contributed by atoms with Gasteiger partial charge in [0.15, 0.2) is 6.10 Å². The Morgan fingerprint density at radius 3 is 0.859 bits per heavy atom. The molecule has 0 aliphatic heterocycles. The lowest BCUT2D eigenvalue weighted by atomic mass is 10.0. The highest BCUT2D eigenvalue weighted by atomic mass is 16.6. The van der Waals surface area contributed by atoms with Crippen molar-refractivity contribution in [2.75, 3.05) is 13.2 Å². The zero-order valence-electron chi connectivity index (χ0n) is 47.2. The van der Waals surface area contributed by atoms with E-state index in [0.717, 1.165) is 83.5 Å². The summed E-state index contributed by atoms with van der Waals surface area (Å²) in [7, 11) is 0. The van der Waals surface area contributed by atoms with Gasteiger partial charge in [0, 0.05) is 19.3 Å². The number of unbranched alkanes of at least 4 members (excludes halogenated alkanes) is 35. The van der Waals surface area contributed by atoms with Crippen molar-refractivity contribution < 1.29 is 28.6 Å². The van der Waals surface area contributed by atoms with E-state index in [1.165, 1.54) is 186 Å². The van der Waals surface area contributed by atoms with Crippen LogP contribution in [0.3, 0.4) is 0 Å². The lowest BCUT2D eigenvalue weighted by Gasteiger charge is -2.18. The minimum Gasteiger partial charge on any atom is -0.462 e. The molecule has 0 fully saturated rings. The summed E-state index contributed by atoms with van der Waals surface area (Å²) in [5.74, 6) is -0.948. The van der Waals surface area contributed by atoms with Crippen LogP contribution in [-0.4, -0.2) is 37.2 Å². The Labute approximate surface area is 440 Å². The van der Waals surface area contributed by atoms with Crippen molar-refractivity contribution in [1.82, 2.24) is 0 Å². The zero-order valence-corrected chi connectivity index (χ0v) is 47.2. The number of allylic oxidation sites excluding steroid dienone is 10. The number of carbonyl (C=O) groups excluding carboxylic acids is 3. The van der Waals surface area contributed by atoms with Gasteiger partial charge in [-0.1, -0.05) is 274 Å². The Hall–Kier alpha value is -2.89. The van der Waals surface area contributed by atoms with Gasteiger partial charge in [-0.3, -0.25) is 14.4 Å². The molecule has 412 valence electrons. The Bertz CT molecular complexity index is 1280. The highest BCUT2D eigenvalue weighted by Gasteiger charge is 2.19. The van der Waals surface area contributed by atoms with Gasteiger partial charge in [0.1, 0.15) is 13.2 Å². The summed E-state index contributed by atoms with van der Waals surface area (Å²) < 4.78 is 16.8. The molecule has 6 nitrogen and oxygen atoms in total. The Kier molecular flexibility index (Phi) is 57.2. The second-order valence-corrected chi connectivity index (χ2v) is 20.6. The van der Waals surface area contributed by atoms with E-state index in [1.54, 1.807) is 0 Å². The van der Waals surface area contributed by atoms with Crippen LogP contribution < -0.4 is 0 Å². The Morgan fingerprint density at radius 2 is 0.521 bits per heavy atom. The molecular formula is C65H116O6. The SMILES string of the molecule is CCCCC/C=C\C/C=C\CCCCCCCC(=O)OC[C@H](COC(=O)CCCCCCCCCCCCCCCCCCCCCCC)OC(=O)CCC/C=C\C/C=C\C/C=C\CCCCCCCC. The fraction of sp³-hybridized carbons (Fsp3) is 0.800. The number of carbonyl (C=O) groups is 3. The highest BCUT2D eigenvalue weighted by Crippen LogP contribution is 2.17. The summed E-state index contributed by atoms with van der Waals surface area (Å²) in [5.41, 5.74) is 0. The smallest absolute Gasteiger partial charge is 0.306 e. The van der Waals surface area contributed by atoms with Crippen LogP contribution >= 0.6 is 0 Å². The van der Waals surface area contributed by atoms with E-state index >= 15 is 0 Å². The molecule has 0 aliphatic carbocycles. The zero-order chi connectivity index (χ0) is 51.4. The number of rotatable bonds is 56. The third-order valence-electron chi connectivity index (χ3n) is 13.5. The van der Waals surface area contributed by atoms with Crippen molar-refractivity contribution in [1.29, 1.82) is 0 Å². The second kappa shape index (κ2) is 59.7. The van der Waals surface area contributed by atoms with E-state index in [2.05, 4.69) is 81.5 Å². The molecule has 6 heteroatoms. The first kappa shape index (κ1) is 68.1. The molecule has 0 aromatic rings. The van der Waals surface area contributed by atoms with Crippen LogP contribution in [0.15, 0.2) is 60.8 Å². The van der Waals surface area contributed by atoms with Crippen molar-refractivity contribution in [2.45, 2.75) is 322 Å². The fourth-order valence-electron chi connectivity index (χ4n) is 8.84.